The standard InChI is InChI=1S/C25H24N6O/c1-2-32-10-9-31-16-28-22-12-19(5-6-23(22)31)21-13-20(18-3-4-18)14-25(29-21)30-24-11-17(15-26)7-8-27-24/h5-8,11-14,16,18H,2-4,9-10H2,1H3,(H,27,29,30). The number of hydrogen-bond acceptors (Lipinski definition) is 6. The van der Waals surface area contributed by atoms with Gasteiger partial charge >= 0.3 is 0 Å². The maximum Gasteiger partial charge on any atom is 0.132 e. The van der Waals surface area contributed by atoms with Crippen LogP contribution in [0, 0.1) is 11.3 Å². The van der Waals surface area contributed by atoms with Crippen molar-refractivity contribution in [1.82, 2.24) is 19.5 Å². The lowest BCUT2D eigenvalue weighted by Crippen LogP contribution is -2.04. The first-order valence-electron chi connectivity index (χ1n) is 10.9. The third-order valence-electron chi connectivity index (χ3n) is 5.64. The Morgan fingerprint density at radius 1 is 1.12 bits per heavy atom. The number of ether oxygens (including phenoxy) is 1. The van der Waals surface area contributed by atoms with Crippen molar-refractivity contribution in [2.24, 2.45) is 0 Å². The highest BCUT2D eigenvalue weighted by Crippen LogP contribution is 2.42. The number of aromatic nitrogens is 4. The second kappa shape index (κ2) is 8.77. The first-order chi connectivity index (χ1) is 15.7. The predicted molar refractivity (Wildman–Crippen MR) is 124 cm³/mol. The van der Waals surface area contributed by atoms with Crippen LogP contribution in [-0.2, 0) is 11.3 Å². The number of pyridine rings is 2. The molecule has 3 heterocycles. The molecule has 0 bridgehead atoms. The van der Waals surface area contributed by atoms with E-state index in [1.165, 1.54) is 18.4 Å². The van der Waals surface area contributed by atoms with Crippen LogP contribution in [0.15, 0.2) is 55.0 Å². The van der Waals surface area contributed by atoms with Crippen LogP contribution < -0.4 is 5.32 Å². The van der Waals surface area contributed by atoms with Crippen molar-refractivity contribution in [2.75, 3.05) is 18.5 Å². The number of anilines is 2. The monoisotopic (exact) mass is 424 g/mol. The van der Waals surface area contributed by atoms with E-state index in [9.17, 15) is 0 Å². The number of rotatable bonds is 8. The van der Waals surface area contributed by atoms with E-state index in [1.807, 2.05) is 13.3 Å². The molecule has 4 aromatic rings. The molecule has 5 rings (SSSR count). The lowest BCUT2D eigenvalue weighted by molar-refractivity contribution is 0.140. The highest BCUT2D eigenvalue weighted by Gasteiger charge is 2.25. The van der Waals surface area contributed by atoms with Gasteiger partial charge in [0, 0.05) is 24.9 Å². The van der Waals surface area contributed by atoms with E-state index in [2.05, 4.69) is 56.3 Å². The van der Waals surface area contributed by atoms with Crippen molar-refractivity contribution in [3.63, 3.8) is 0 Å². The molecule has 0 spiro atoms. The van der Waals surface area contributed by atoms with Gasteiger partial charge in [0.2, 0.25) is 0 Å². The van der Waals surface area contributed by atoms with Gasteiger partial charge in [-0.1, -0.05) is 6.07 Å². The number of benzene rings is 1. The van der Waals surface area contributed by atoms with Crippen molar-refractivity contribution in [3.05, 3.63) is 66.1 Å². The van der Waals surface area contributed by atoms with Crippen molar-refractivity contribution < 1.29 is 4.74 Å². The van der Waals surface area contributed by atoms with Crippen molar-refractivity contribution in [3.8, 4) is 17.3 Å². The number of hydrogen-bond donors (Lipinski definition) is 1. The predicted octanol–water partition coefficient (Wildman–Crippen LogP) is 5.02. The van der Waals surface area contributed by atoms with Gasteiger partial charge in [0.05, 0.1) is 41.3 Å². The summed E-state index contributed by atoms with van der Waals surface area (Å²) in [5, 5.41) is 12.4. The van der Waals surface area contributed by atoms with E-state index in [0.29, 0.717) is 30.5 Å². The first kappa shape index (κ1) is 20.2. The minimum atomic E-state index is 0.562. The summed E-state index contributed by atoms with van der Waals surface area (Å²) in [6.07, 6.45) is 5.90. The molecule has 0 amide bonds. The number of imidazole rings is 1. The van der Waals surface area contributed by atoms with Crippen molar-refractivity contribution in [2.45, 2.75) is 32.2 Å². The Kier molecular flexibility index (Phi) is 5.53. The van der Waals surface area contributed by atoms with E-state index in [-0.39, 0.29) is 0 Å². The maximum atomic E-state index is 9.16. The molecule has 0 radical (unpaired) electrons. The van der Waals surface area contributed by atoms with Crippen LogP contribution in [0.25, 0.3) is 22.3 Å². The molecule has 1 saturated carbocycles. The Morgan fingerprint density at radius 3 is 2.84 bits per heavy atom. The summed E-state index contributed by atoms with van der Waals surface area (Å²) >= 11 is 0. The third-order valence-corrected chi connectivity index (χ3v) is 5.64. The summed E-state index contributed by atoms with van der Waals surface area (Å²) in [6.45, 7) is 4.17. The quantitative estimate of drug-likeness (QED) is 0.400. The van der Waals surface area contributed by atoms with E-state index in [4.69, 9.17) is 15.0 Å². The van der Waals surface area contributed by atoms with Gasteiger partial charge in [-0.3, -0.25) is 0 Å². The maximum absolute atomic E-state index is 9.16. The van der Waals surface area contributed by atoms with E-state index >= 15 is 0 Å². The van der Waals surface area contributed by atoms with Crippen LogP contribution in [0.5, 0.6) is 0 Å². The summed E-state index contributed by atoms with van der Waals surface area (Å²) in [4.78, 5) is 13.8. The Hall–Kier alpha value is -3.76. The second-order valence-corrected chi connectivity index (χ2v) is 7.95. The summed E-state index contributed by atoms with van der Waals surface area (Å²) in [7, 11) is 0. The van der Waals surface area contributed by atoms with Crippen molar-refractivity contribution >= 4 is 22.7 Å². The smallest absolute Gasteiger partial charge is 0.132 e. The Balaban J connectivity index is 1.47. The molecular formula is C25H24N6O. The molecule has 1 aliphatic carbocycles. The lowest BCUT2D eigenvalue weighted by atomic mass is 10.1. The second-order valence-electron chi connectivity index (χ2n) is 7.95. The van der Waals surface area contributed by atoms with Crippen molar-refractivity contribution in [1.29, 1.82) is 5.26 Å². The zero-order valence-corrected chi connectivity index (χ0v) is 18.0. The first-order valence-corrected chi connectivity index (χ1v) is 10.9. The SMILES string of the molecule is CCOCCn1cnc2cc(-c3cc(C4CC4)cc(Nc4cc(C#N)ccn4)n3)ccc21. The van der Waals surface area contributed by atoms with Gasteiger partial charge < -0.3 is 14.6 Å². The summed E-state index contributed by atoms with van der Waals surface area (Å²) in [5.74, 6) is 1.92. The minimum Gasteiger partial charge on any atom is -0.380 e. The molecule has 7 heteroatoms. The molecule has 1 aromatic carbocycles. The highest BCUT2D eigenvalue weighted by atomic mass is 16.5. The summed E-state index contributed by atoms with van der Waals surface area (Å²) < 4.78 is 7.59. The fourth-order valence-corrected chi connectivity index (χ4v) is 3.82. The fraction of sp³-hybridized carbons (Fsp3) is 0.280. The number of nitrogens with zero attached hydrogens (tertiary/aromatic N) is 5. The molecule has 7 nitrogen and oxygen atoms in total. The van der Waals surface area contributed by atoms with Gasteiger partial charge in [-0.25, -0.2) is 15.0 Å². The Bertz CT molecular complexity index is 1300. The molecule has 0 unspecified atom stereocenters. The van der Waals surface area contributed by atoms with Gasteiger partial charge in [0.25, 0.3) is 0 Å². The molecule has 32 heavy (non-hydrogen) atoms. The average Bonchev–Trinajstić information content (AvgIpc) is 3.60. The lowest BCUT2D eigenvalue weighted by Gasteiger charge is -2.11. The average molecular weight is 425 g/mol. The summed E-state index contributed by atoms with van der Waals surface area (Å²) in [6, 6.07) is 16.1. The van der Waals surface area contributed by atoms with Crippen LogP contribution in [-0.4, -0.2) is 32.7 Å². The van der Waals surface area contributed by atoms with Crippen LogP contribution in [0.3, 0.4) is 0 Å². The summed E-state index contributed by atoms with van der Waals surface area (Å²) in [5.41, 5.74) is 5.79. The van der Waals surface area contributed by atoms with Gasteiger partial charge in [0.1, 0.15) is 11.6 Å². The number of fused-ring (bicyclic) bond motifs is 1. The normalized spacial score (nSPS) is 13.2. The van der Waals surface area contributed by atoms with Crippen LogP contribution in [0.1, 0.15) is 36.8 Å². The van der Waals surface area contributed by atoms with Gasteiger partial charge in [-0.05, 0) is 67.6 Å². The Labute approximate surface area is 186 Å². The molecule has 0 saturated heterocycles. The highest BCUT2D eigenvalue weighted by molar-refractivity contribution is 5.82. The van der Waals surface area contributed by atoms with E-state index < -0.39 is 0 Å². The largest absolute Gasteiger partial charge is 0.380 e. The molecular weight excluding hydrogens is 400 g/mol. The zero-order valence-electron chi connectivity index (χ0n) is 18.0. The molecule has 160 valence electrons. The molecule has 1 fully saturated rings. The topological polar surface area (TPSA) is 88.6 Å². The van der Waals surface area contributed by atoms with Gasteiger partial charge in [0.15, 0.2) is 0 Å². The van der Waals surface area contributed by atoms with E-state index in [1.54, 1.807) is 18.3 Å². The van der Waals surface area contributed by atoms with Crippen LogP contribution in [0.2, 0.25) is 0 Å². The fourth-order valence-electron chi connectivity index (χ4n) is 3.82. The van der Waals surface area contributed by atoms with Crippen LogP contribution >= 0.6 is 0 Å². The molecule has 1 N–H and O–H groups in total. The molecule has 0 atom stereocenters. The van der Waals surface area contributed by atoms with Gasteiger partial charge in [-0.2, -0.15) is 5.26 Å². The Morgan fingerprint density at radius 2 is 2.03 bits per heavy atom. The van der Waals surface area contributed by atoms with E-state index in [0.717, 1.165) is 34.7 Å². The minimum absolute atomic E-state index is 0.562. The van der Waals surface area contributed by atoms with Crippen LogP contribution in [0.4, 0.5) is 11.6 Å². The number of nitriles is 1. The zero-order chi connectivity index (χ0) is 21.9. The number of nitrogens with one attached hydrogen (secondary N) is 1. The van der Waals surface area contributed by atoms with Gasteiger partial charge in [-0.15, -0.1) is 0 Å². The molecule has 1 aliphatic rings. The molecule has 0 aliphatic heterocycles. The molecule has 3 aromatic heterocycles. The third kappa shape index (κ3) is 4.32.